The van der Waals surface area contributed by atoms with Crippen molar-refractivity contribution in [2.45, 2.75) is 0 Å². The molecule has 1 aromatic heterocycles. The van der Waals surface area contributed by atoms with Gasteiger partial charge in [0.1, 0.15) is 0 Å². The van der Waals surface area contributed by atoms with Crippen LogP contribution < -0.4 is 4.90 Å². The molecule has 2 heteroatoms. The van der Waals surface area contributed by atoms with Crippen LogP contribution in [0.5, 0.6) is 0 Å². The number of anilines is 3. The fourth-order valence-corrected chi connectivity index (χ4v) is 4.36. The predicted octanol–water partition coefficient (Wildman–Crippen LogP) is 7.94. The molecule has 2 nitrogen and oxygen atoms in total. The van der Waals surface area contributed by atoms with E-state index in [1.54, 1.807) is 0 Å². The van der Waals surface area contributed by atoms with Crippen molar-refractivity contribution in [3.63, 3.8) is 0 Å². The van der Waals surface area contributed by atoms with E-state index < -0.39 is 0 Å². The van der Waals surface area contributed by atoms with Crippen molar-refractivity contribution in [1.82, 2.24) is 4.98 Å². The van der Waals surface area contributed by atoms with Crippen LogP contribution in [0.25, 0.3) is 32.6 Å². The molecule has 0 spiro atoms. The highest BCUT2D eigenvalue weighted by atomic mass is 15.1. The minimum absolute atomic E-state index is 1.14. The van der Waals surface area contributed by atoms with Crippen molar-refractivity contribution in [1.29, 1.82) is 0 Å². The van der Waals surface area contributed by atoms with Crippen molar-refractivity contribution in [3.8, 4) is 0 Å². The maximum atomic E-state index is 3.66. The Hall–Kier alpha value is -4.04. The van der Waals surface area contributed by atoms with Crippen molar-refractivity contribution >= 4 is 49.6 Å². The largest absolute Gasteiger partial charge is 0.353 e. The van der Waals surface area contributed by atoms with Crippen LogP contribution >= 0.6 is 0 Å². The standard InChI is InChI=1S/C28H20N2/c1-2-11-22(12-3-1)30(23-18-17-20-9-4-5-10-21(20)19-23)27-16-8-14-25-24-13-6-7-15-26(24)29-28(25)27/h1-19,29H. The number of nitrogens with one attached hydrogen (secondary N) is 1. The SMILES string of the molecule is c1ccc(N(c2ccc3ccccc3c2)c2cccc3c2[nH]c2ccccc23)cc1. The zero-order valence-electron chi connectivity index (χ0n) is 16.4. The molecule has 6 aromatic rings. The van der Waals surface area contributed by atoms with E-state index in [-0.39, 0.29) is 0 Å². The lowest BCUT2D eigenvalue weighted by molar-refractivity contribution is 1.29. The van der Waals surface area contributed by atoms with Gasteiger partial charge in [-0.3, -0.25) is 0 Å². The first kappa shape index (κ1) is 16.9. The second kappa shape index (κ2) is 6.78. The van der Waals surface area contributed by atoms with Gasteiger partial charge in [0, 0.05) is 27.7 Å². The molecule has 0 unspecified atom stereocenters. The number of para-hydroxylation sites is 3. The summed E-state index contributed by atoms with van der Waals surface area (Å²) in [5, 5.41) is 4.98. The summed E-state index contributed by atoms with van der Waals surface area (Å²) in [6.45, 7) is 0. The number of nitrogens with zero attached hydrogens (tertiary/aromatic N) is 1. The zero-order chi connectivity index (χ0) is 19.9. The van der Waals surface area contributed by atoms with Gasteiger partial charge in [0.15, 0.2) is 0 Å². The number of rotatable bonds is 3. The maximum absolute atomic E-state index is 3.66. The summed E-state index contributed by atoms with van der Waals surface area (Å²) < 4.78 is 0. The molecule has 6 rings (SSSR count). The molecule has 1 N–H and O–H groups in total. The second-order valence-corrected chi connectivity index (χ2v) is 7.57. The van der Waals surface area contributed by atoms with E-state index in [2.05, 4.69) is 125 Å². The van der Waals surface area contributed by atoms with Crippen molar-refractivity contribution in [3.05, 3.63) is 115 Å². The lowest BCUT2D eigenvalue weighted by Gasteiger charge is -2.26. The Morgan fingerprint density at radius 3 is 2.13 bits per heavy atom. The molecule has 0 bridgehead atoms. The van der Waals surface area contributed by atoms with Crippen LogP contribution in [0.15, 0.2) is 115 Å². The van der Waals surface area contributed by atoms with E-state index in [0.717, 1.165) is 28.1 Å². The third kappa shape index (κ3) is 2.66. The quantitative estimate of drug-likeness (QED) is 0.328. The molecule has 5 aromatic carbocycles. The molecule has 0 aliphatic heterocycles. The number of aromatic amines is 1. The smallest absolute Gasteiger partial charge is 0.0709 e. The Morgan fingerprint density at radius 1 is 0.500 bits per heavy atom. The Balaban J connectivity index is 1.65. The van der Waals surface area contributed by atoms with E-state index in [9.17, 15) is 0 Å². The molecule has 0 aliphatic carbocycles. The fourth-order valence-electron chi connectivity index (χ4n) is 4.36. The van der Waals surface area contributed by atoms with Crippen molar-refractivity contribution in [2.24, 2.45) is 0 Å². The molecule has 1 heterocycles. The number of aromatic nitrogens is 1. The molecule has 0 atom stereocenters. The van der Waals surface area contributed by atoms with Crippen molar-refractivity contribution in [2.75, 3.05) is 4.90 Å². The van der Waals surface area contributed by atoms with Gasteiger partial charge in [-0.15, -0.1) is 0 Å². The van der Waals surface area contributed by atoms with E-state index in [4.69, 9.17) is 0 Å². The molecule has 0 fully saturated rings. The van der Waals surface area contributed by atoms with Gasteiger partial charge in [-0.25, -0.2) is 0 Å². The molecule has 30 heavy (non-hydrogen) atoms. The Kier molecular flexibility index (Phi) is 3.82. The summed E-state index contributed by atoms with van der Waals surface area (Å²) in [5.74, 6) is 0. The molecular formula is C28H20N2. The molecule has 0 saturated heterocycles. The minimum Gasteiger partial charge on any atom is -0.353 e. The Morgan fingerprint density at radius 2 is 1.23 bits per heavy atom. The summed E-state index contributed by atoms with van der Waals surface area (Å²) in [6, 6.07) is 40.8. The average molecular weight is 384 g/mol. The van der Waals surface area contributed by atoms with E-state index in [0.29, 0.717) is 0 Å². The van der Waals surface area contributed by atoms with Crippen LogP contribution in [-0.4, -0.2) is 4.98 Å². The lowest BCUT2D eigenvalue weighted by Crippen LogP contribution is -2.10. The summed E-state index contributed by atoms with van der Waals surface area (Å²) in [7, 11) is 0. The molecule has 0 radical (unpaired) electrons. The van der Waals surface area contributed by atoms with Gasteiger partial charge >= 0.3 is 0 Å². The summed E-state index contributed by atoms with van der Waals surface area (Å²) in [6.07, 6.45) is 0. The highest BCUT2D eigenvalue weighted by Crippen LogP contribution is 2.40. The third-order valence-electron chi connectivity index (χ3n) is 5.77. The monoisotopic (exact) mass is 384 g/mol. The topological polar surface area (TPSA) is 19.0 Å². The van der Waals surface area contributed by atoms with Gasteiger partial charge in [0.25, 0.3) is 0 Å². The van der Waals surface area contributed by atoms with Crippen LogP contribution in [0.3, 0.4) is 0 Å². The lowest BCUT2D eigenvalue weighted by atomic mass is 10.1. The van der Waals surface area contributed by atoms with Crippen molar-refractivity contribution < 1.29 is 0 Å². The first-order chi connectivity index (χ1) is 14.9. The third-order valence-corrected chi connectivity index (χ3v) is 5.77. The van der Waals surface area contributed by atoms with E-state index in [1.165, 1.54) is 21.5 Å². The van der Waals surface area contributed by atoms with Crippen LogP contribution in [0.1, 0.15) is 0 Å². The van der Waals surface area contributed by atoms with Gasteiger partial charge < -0.3 is 9.88 Å². The zero-order valence-corrected chi connectivity index (χ0v) is 16.4. The molecule has 142 valence electrons. The van der Waals surface area contributed by atoms with Gasteiger partial charge in [-0.2, -0.15) is 0 Å². The molecule has 0 amide bonds. The van der Waals surface area contributed by atoms with Crippen LogP contribution in [-0.2, 0) is 0 Å². The second-order valence-electron chi connectivity index (χ2n) is 7.57. The fraction of sp³-hybridized carbons (Fsp3) is 0. The first-order valence-electron chi connectivity index (χ1n) is 10.2. The molecular weight excluding hydrogens is 364 g/mol. The Labute approximate surface area is 175 Å². The summed E-state index contributed by atoms with van der Waals surface area (Å²) in [5.41, 5.74) is 5.73. The molecule has 0 saturated carbocycles. The van der Waals surface area contributed by atoms with Crippen LogP contribution in [0.2, 0.25) is 0 Å². The summed E-state index contributed by atoms with van der Waals surface area (Å²) in [4.78, 5) is 6.00. The van der Waals surface area contributed by atoms with Gasteiger partial charge in [0.05, 0.1) is 11.2 Å². The number of hydrogen-bond donors (Lipinski definition) is 1. The number of fused-ring (bicyclic) bond motifs is 4. The van der Waals surface area contributed by atoms with E-state index in [1.807, 2.05) is 0 Å². The first-order valence-corrected chi connectivity index (χ1v) is 10.2. The van der Waals surface area contributed by atoms with Crippen LogP contribution in [0, 0.1) is 0 Å². The highest BCUT2D eigenvalue weighted by Gasteiger charge is 2.17. The van der Waals surface area contributed by atoms with Gasteiger partial charge in [0.2, 0.25) is 0 Å². The predicted molar refractivity (Wildman–Crippen MR) is 128 cm³/mol. The summed E-state index contributed by atoms with van der Waals surface area (Å²) >= 11 is 0. The minimum atomic E-state index is 1.14. The highest BCUT2D eigenvalue weighted by molar-refractivity contribution is 6.12. The normalized spacial score (nSPS) is 11.3. The number of benzene rings is 5. The van der Waals surface area contributed by atoms with Crippen LogP contribution in [0.4, 0.5) is 17.1 Å². The Bertz CT molecular complexity index is 1500. The van der Waals surface area contributed by atoms with Gasteiger partial charge in [-0.05, 0) is 47.2 Å². The van der Waals surface area contributed by atoms with Gasteiger partial charge in [-0.1, -0.05) is 78.9 Å². The molecule has 0 aliphatic rings. The average Bonchev–Trinajstić information content (AvgIpc) is 3.20. The maximum Gasteiger partial charge on any atom is 0.0709 e. The van der Waals surface area contributed by atoms with E-state index >= 15 is 0 Å². The number of hydrogen-bond acceptors (Lipinski definition) is 1. The number of H-pyrrole nitrogens is 1.